The molecule has 22 heavy (non-hydrogen) atoms. The number of carbonyl (C=O) groups is 2. The van der Waals surface area contributed by atoms with E-state index in [9.17, 15) is 9.59 Å². The molecule has 2 N–H and O–H groups in total. The molecule has 0 unspecified atom stereocenters. The SMILES string of the molecule is CCc1ccc(CNC(=O)C(=O)Nc2cccc(Cl)c2Cl)s1. The predicted octanol–water partition coefficient (Wildman–Crippen LogP) is 3.87. The highest BCUT2D eigenvalue weighted by atomic mass is 35.5. The number of nitrogens with one attached hydrogen (secondary N) is 2. The van der Waals surface area contributed by atoms with Crippen LogP contribution in [0.5, 0.6) is 0 Å². The Morgan fingerprint density at radius 3 is 2.50 bits per heavy atom. The number of amides is 2. The van der Waals surface area contributed by atoms with E-state index in [0.717, 1.165) is 11.3 Å². The van der Waals surface area contributed by atoms with Crippen LogP contribution < -0.4 is 10.6 Å². The minimum Gasteiger partial charge on any atom is -0.343 e. The fourth-order valence-electron chi connectivity index (χ4n) is 1.73. The van der Waals surface area contributed by atoms with E-state index in [1.807, 2.05) is 12.1 Å². The Balaban J connectivity index is 1.92. The maximum Gasteiger partial charge on any atom is 0.313 e. The number of aryl methyl sites for hydroxylation is 1. The smallest absolute Gasteiger partial charge is 0.313 e. The number of thiophene rings is 1. The number of benzene rings is 1. The summed E-state index contributed by atoms with van der Waals surface area (Å²) < 4.78 is 0. The molecule has 0 aliphatic carbocycles. The lowest BCUT2D eigenvalue weighted by Gasteiger charge is -2.08. The van der Waals surface area contributed by atoms with Crippen LogP contribution in [0, 0.1) is 0 Å². The first-order valence-electron chi connectivity index (χ1n) is 6.62. The molecule has 4 nitrogen and oxygen atoms in total. The standard InChI is InChI=1S/C15H14Cl2N2O2S/c1-2-9-6-7-10(22-9)8-18-14(20)15(21)19-12-5-3-4-11(16)13(12)17/h3-7H,2,8H2,1H3,(H,18,20)(H,19,21). The number of hydrogen-bond acceptors (Lipinski definition) is 3. The average Bonchev–Trinajstić information content (AvgIpc) is 2.97. The molecule has 0 saturated carbocycles. The summed E-state index contributed by atoms with van der Waals surface area (Å²) in [7, 11) is 0. The van der Waals surface area contributed by atoms with Crippen molar-refractivity contribution in [1.29, 1.82) is 0 Å². The molecule has 0 bridgehead atoms. The van der Waals surface area contributed by atoms with Gasteiger partial charge in [0, 0.05) is 9.75 Å². The number of carbonyl (C=O) groups excluding carboxylic acids is 2. The Bertz CT molecular complexity index is 701. The van der Waals surface area contributed by atoms with Crippen LogP contribution in [0.2, 0.25) is 10.0 Å². The average molecular weight is 357 g/mol. The molecular weight excluding hydrogens is 343 g/mol. The summed E-state index contributed by atoms with van der Waals surface area (Å²) in [5.74, 6) is -1.50. The predicted molar refractivity (Wildman–Crippen MR) is 90.6 cm³/mol. The van der Waals surface area contributed by atoms with Crippen LogP contribution in [0.15, 0.2) is 30.3 Å². The number of halogens is 2. The van der Waals surface area contributed by atoms with Crippen molar-refractivity contribution in [3.05, 3.63) is 50.1 Å². The van der Waals surface area contributed by atoms with Gasteiger partial charge < -0.3 is 10.6 Å². The third-order valence-corrected chi connectivity index (χ3v) is 4.94. The summed E-state index contributed by atoms with van der Waals surface area (Å²) in [5, 5.41) is 5.53. The fraction of sp³-hybridized carbons (Fsp3) is 0.200. The highest BCUT2D eigenvalue weighted by molar-refractivity contribution is 7.11. The van der Waals surface area contributed by atoms with Gasteiger partial charge in [0.25, 0.3) is 0 Å². The van der Waals surface area contributed by atoms with Crippen LogP contribution in [0.25, 0.3) is 0 Å². The van der Waals surface area contributed by atoms with Gasteiger partial charge in [-0.25, -0.2) is 0 Å². The lowest BCUT2D eigenvalue weighted by molar-refractivity contribution is -0.136. The largest absolute Gasteiger partial charge is 0.343 e. The second kappa shape index (κ2) is 7.63. The molecule has 1 heterocycles. The van der Waals surface area contributed by atoms with Gasteiger partial charge in [0.15, 0.2) is 0 Å². The van der Waals surface area contributed by atoms with E-state index in [1.165, 1.54) is 4.88 Å². The third kappa shape index (κ3) is 4.22. The van der Waals surface area contributed by atoms with Crippen LogP contribution in [-0.4, -0.2) is 11.8 Å². The second-order valence-corrected chi connectivity index (χ2v) is 6.50. The van der Waals surface area contributed by atoms with E-state index < -0.39 is 11.8 Å². The molecule has 1 aromatic carbocycles. The first-order chi connectivity index (χ1) is 10.5. The van der Waals surface area contributed by atoms with Crippen molar-refractivity contribution >= 4 is 52.0 Å². The van der Waals surface area contributed by atoms with E-state index in [4.69, 9.17) is 23.2 Å². The normalized spacial score (nSPS) is 10.3. The first kappa shape index (κ1) is 16.8. The minimum absolute atomic E-state index is 0.205. The maximum absolute atomic E-state index is 11.8. The van der Waals surface area contributed by atoms with Gasteiger partial charge in [-0.15, -0.1) is 11.3 Å². The molecule has 0 spiro atoms. The number of hydrogen-bond donors (Lipinski definition) is 2. The molecule has 0 aliphatic rings. The van der Waals surface area contributed by atoms with E-state index in [2.05, 4.69) is 17.6 Å². The third-order valence-electron chi connectivity index (χ3n) is 2.89. The van der Waals surface area contributed by atoms with Crippen LogP contribution in [0.4, 0.5) is 5.69 Å². The Morgan fingerprint density at radius 1 is 1.09 bits per heavy atom. The fourth-order valence-corrected chi connectivity index (χ4v) is 2.98. The van der Waals surface area contributed by atoms with Gasteiger partial charge in [-0.05, 0) is 30.7 Å². The Hall–Kier alpha value is -1.56. The van der Waals surface area contributed by atoms with Crippen molar-refractivity contribution in [3.63, 3.8) is 0 Å². The lowest BCUT2D eigenvalue weighted by atomic mass is 10.3. The van der Waals surface area contributed by atoms with Gasteiger partial charge in [0.2, 0.25) is 0 Å². The molecule has 2 aromatic rings. The van der Waals surface area contributed by atoms with Crippen LogP contribution in [0.1, 0.15) is 16.7 Å². The van der Waals surface area contributed by atoms with E-state index >= 15 is 0 Å². The molecule has 116 valence electrons. The van der Waals surface area contributed by atoms with Gasteiger partial charge in [0.05, 0.1) is 22.3 Å². The molecule has 0 saturated heterocycles. The zero-order chi connectivity index (χ0) is 16.1. The van der Waals surface area contributed by atoms with Gasteiger partial charge in [-0.1, -0.05) is 36.2 Å². The Labute approximate surface area is 142 Å². The zero-order valence-electron chi connectivity index (χ0n) is 11.8. The molecule has 1 aromatic heterocycles. The molecule has 0 fully saturated rings. The van der Waals surface area contributed by atoms with E-state index in [1.54, 1.807) is 29.5 Å². The van der Waals surface area contributed by atoms with Crippen molar-refractivity contribution in [1.82, 2.24) is 5.32 Å². The molecule has 0 aliphatic heterocycles. The van der Waals surface area contributed by atoms with Gasteiger partial charge in [-0.3, -0.25) is 9.59 Å². The van der Waals surface area contributed by atoms with Crippen LogP contribution in [-0.2, 0) is 22.6 Å². The van der Waals surface area contributed by atoms with Gasteiger partial charge >= 0.3 is 11.8 Å². The topological polar surface area (TPSA) is 58.2 Å². The number of anilines is 1. The highest BCUT2D eigenvalue weighted by Gasteiger charge is 2.15. The molecule has 7 heteroatoms. The minimum atomic E-state index is -0.781. The molecule has 2 amide bonds. The summed E-state index contributed by atoms with van der Waals surface area (Å²) in [4.78, 5) is 25.9. The van der Waals surface area contributed by atoms with Gasteiger partial charge in [0.1, 0.15) is 0 Å². The Morgan fingerprint density at radius 2 is 1.82 bits per heavy atom. The molecule has 0 radical (unpaired) electrons. The summed E-state index contributed by atoms with van der Waals surface area (Å²) in [6.45, 7) is 2.39. The monoisotopic (exact) mass is 356 g/mol. The summed E-state index contributed by atoms with van der Waals surface area (Å²) in [6.07, 6.45) is 0.951. The van der Waals surface area contributed by atoms with Crippen LogP contribution in [0.3, 0.4) is 0 Å². The zero-order valence-corrected chi connectivity index (χ0v) is 14.1. The Kier molecular flexibility index (Phi) is 5.83. The molecule has 0 atom stereocenters. The molecular formula is C15H14Cl2N2O2S. The quantitative estimate of drug-likeness (QED) is 0.816. The summed E-state index contributed by atoms with van der Waals surface area (Å²) in [5.41, 5.74) is 0.304. The second-order valence-electron chi connectivity index (χ2n) is 4.46. The van der Waals surface area contributed by atoms with Crippen molar-refractivity contribution in [2.45, 2.75) is 19.9 Å². The van der Waals surface area contributed by atoms with Crippen LogP contribution >= 0.6 is 34.5 Å². The maximum atomic E-state index is 11.8. The van der Waals surface area contributed by atoms with Crippen molar-refractivity contribution in [2.75, 3.05) is 5.32 Å². The van der Waals surface area contributed by atoms with E-state index in [0.29, 0.717) is 17.3 Å². The first-order valence-corrected chi connectivity index (χ1v) is 8.19. The van der Waals surface area contributed by atoms with Crippen molar-refractivity contribution in [2.24, 2.45) is 0 Å². The van der Waals surface area contributed by atoms with E-state index in [-0.39, 0.29) is 5.02 Å². The molecule has 2 rings (SSSR count). The summed E-state index contributed by atoms with van der Waals surface area (Å²) in [6, 6.07) is 8.76. The van der Waals surface area contributed by atoms with Gasteiger partial charge in [-0.2, -0.15) is 0 Å². The van der Waals surface area contributed by atoms with Crippen molar-refractivity contribution < 1.29 is 9.59 Å². The highest BCUT2D eigenvalue weighted by Crippen LogP contribution is 2.29. The summed E-state index contributed by atoms with van der Waals surface area (Å²) >= 11 is 13.4. The van der Waals surface area contributed by atoms with Crippen molar-refractivity contribution in [3.8, 4) is 0 Å². The number of rotatable bonds is 4. The lowest BCUT2D eigenvalue weighted by Crippen LogP contribution is -2.34.